The van der Waals surface area contributed by atoms with Crippen LogP contribution in [0, 0.1) is 5.82 Å². The number of benzene rings is 1. The average Bonchev–Trinajstić information content (AvgIpc) is 2.99. The van der Waals surface area contributed by atoms with E-state index < -0.39 is 6.04 Å². The van der Waals surface area contributed by atoms with Gasteiger partial charge in [0.1, 0.15) is 12.4 Å². The van der Waals surface area contributed by atoms with Gasteiger partial charge in [-0.15, -0.1) is 0 Å². The van der Waals surface area contributed by atoms with Crippen LogP contribution in [-0.4, -0.2) is 29.2 Å². The smallest absolute Gasteiger partial charge is 0.246 e. The zero-order chi connectivity index (χ0) is 17.8. The summed E-state index contributed by atoms with van der Waals surface area (Å²) in [4.78, 5) is 16.3. The van der Waals surface area contributed by atoms with E-state index in [0.29, 0.717) is 0 Å². The van der Waals surface area contributed by atoms with E-state index in [1.807, 2.05) is 19.2 Å². The molecule has 0 aliphatic heterocycles. The molecule has 0 saturated carbocycles. The van der Waals surface area contributed by atoms with Crippen molar-refractivity contribution in [2.45, 2.75) is 19.5 Å². The topological polar surface area (TPSA) is 56.2 Å². The molecule has 1 N–H and O–H groups in total. The molecule has 6 heteroatoms. The van der Waals surface area contributed by atoms with Gasteiger partial charge in [-0.05, 0) is 30.7 Å². The first kappa shape index (κ1) is 17.1. The van der Waals surface area contributed by atoms with Gasteiger partial charge in [0.05, 0.1) is 17.8 Å². The highest BCUT2D eigenvalue weighted by atomic mass is 19.1. The first-order valence-corrected chi connectivity index (χ1v) is 8.10. The Morgan fingerprint density at radius 1 is 1.32 bits per heavy atom. The summed E-state index contributed by atoms with van der Waals surface area (Å²) >= 11 is 0. The van der Waals surface area contributed by atoms with Gasteiger partial charge in [0, 0.05) is 37.0 Å². The first-order valence-electron chi connectivity index (χ1n) is 8.10. The van der Waals surface area contributed by atoms with Gasteiger partial charge in [-0.3, -0.25) is 9.78 Å². The number of carbonyl (C=O) groups excluding carboxylic acids is 1. The van der Waals surface area contributed by atoms with Gasteiger partial charge in [0.25, 0.3) is 0 Å². The summed E-state index contributed by atoms with van der Waals surface area (Å²) < 4.78 is 20.3. The van der Waals surface area contributed by atoms with Crippen molar-refractivity contribution in [3.05, 3.63) is 65.9 Å². The second-order valence-electron chi connectivity index (χ2n) is 5.75. The minimum Gasteiger partial charge on any atom is -0.375 e. The monoisotopic (exact) mass is 341 g/mol. The molecule has 25 heavy (non-hydrogen) atoms. The third-order valence-electron chi connectivity index (χ3n) is 4.15. The zero-order valence-corrected chi connectivity index (χ0v) is 14.2. The molecule has 0 saturated heterocycles. The predicted molar refractivity (Wildman–Crippen MR) is 93.7 cm³/mol. The number of aryl methyl sites for hydroxylation is 1. The number of amides is 1. The quantitative estimate of drug-likeness (QED) is 0.750. The summed E-state index contributed by atoms with van der Waals surface area (Å²) in [6.07, 6.45) is 5.54. The Morgan fingerprint density at radius 3 is 2.76 bits per heavy atom. The third kappa shape index (κ3) is 3.53. The molecule has 3 rings (SSSR count). The molecule has 5 nitrogen and oxygen atoms in total. The van der Waals surface area contributed by atoms with E-state index in [4.69, 9.17) is 4.74 Å². The number of halogens is 1. The van der Waals surface area contributed by atoms with Crippen LogP contribution in [0.15, 0.2) is 48.9 Å². The van der Waals surface area contributed by atoms with Crippen LogP contribution < -0.4 is 5.32 Å². The molecule has 2 aromatic heterocycles. The molecular formula is C19H20FN3O2. The van der Waals surface area contributed by atoms with Crippen LogP contribution in [0.1, 0.15) is 24.1 Å². The maximum atomic E-state index is 13.3. The fourth-order valence-electron chi connectivity index (χ4n) is 2.99. The number of ether oxygens (including phenoxy) is 1. The molecule has 2 heterocycles. The summed E-state index contributed by atoms with van der Waals surface area (Å²) in [5.41, 5.74) is 2.74. The van der Waals surface area contributed by atoms with Crippen LogP contribution in [0.25, 0.3) is 10.9 Å². The molecule has 0 bridgehead atoms. The Bertz CT molecular complexity index is 874. The standard InChI is InChI=1S/C19H20FN3O2/c1-3-23-11-16(15-8-9-21-10-17(15)23)19(22-18(24)12-25-2)13-4-6-14(20)7-5-13/h4-11,19H,3,12H2,1-2H3,(H,22,24). The van der Waals surface area contributed by atoms with Crippen molar-refractivity contribution in [1.82, 2.24) is 14.9 Å². The number of nitrogens with one attached hydrogen (secondary N) is 1. The van der Waals surface area contributed by atoms with Gasteiger partial charge < -0.3 is 14.6 Å². The van der Waals surface area contributed by atoms with Gasteiger partial charge in [0.2, 0.25) is 5.91 Å². The van der Waals surface area contributed by atoms with Crippen LogP contribution in [0.3, 0.4) is 0 Å². The van der Waals surface area contributed by atoms with Crippen molar-refractivity contribution in [2.24, 2.45) is 0 Å². The van der Waals surface area contributed by atoms with E-state index in [9.17, 15) is 9.18 Å². The molecule has 1 amide bonds. The Hall–Kier alpha value is -2.73. The highest BCUT2D eigenvalue weighted by molar-refractivity contribution is 5.85. The summed E-state index contributed by atoms with van der Waals surface area (Å²) in [7, 11) is 1.47. The van der Waals surface area contributed by atoms with Gasteiger partial charge in [-0.25, -0.2) is 4.39 Å². The average molecular weight is 341 g/mol. The molecule has 3 aromatic rings. The van der Waals surface area contributed by atoms with Gasteiger partial charge >= 0.3 is 0 Å². The lowest BCUT2D eigenvalue weighted by Gasteiger charge is -2.19. The second kappa shape index (κ2) is 7.44. The Labute approximate surface area is 145 Å². The highest BCUT2D eigenvalue weighted by Crippen LogP contribution is 2.30. The number of hydrogen-bond donors (Lipinski definition) is 1. The lowest BCUT2D eigenvalue weighted by Crippen LogP contribution is -2.32. The van der Waals surface area contributed by atoms with Crippen molar-refractivity contribution >= 4 is 16.8 Å². The van der Waals surface area contributed by atoms with E-state index in [1.54, 1.807) is 24.5 Å². The molecular weight excluding hydrogens is 321 g/mol. The Balaban J connectivity index is 2.11. The van der Waals surface area contributed by atoms with E-state index in [1.165, 1.54) is 19.2 Å². The third-order valence-corrected chi connectivity index (χ3v) is 4.15. The van der Waals surface area contributed by atoms with E-state index >= 15 is 0 Å². The Morgan fingerprint density at radius 2 is 2.08 bits per heavy atom. The predicted octanol–water partition coefficient (Wildman–Crippen LogP) is 3.05. The first-order chi connectivity index (χ1) is 12.1. The van der Waals surface area contributed by atoms with Crippen molar-refractivity contribution in [3.8, 4) is 0 Å². The molecule has 1 aromatic carbocycles. The van der Waals surface area contributed by atoms with Crippen LogP contribution in [-0.2, 0) is 16.1 Å². The van der Waals surface area contributed by atoms with Gasteiger partial charge in [-0.1, -0.05) is 12.1 Å². The fourth-order valence-corrected chi connectivity index (χ4v) is 2.99. The Kier molecular flexibility index (Phi) is 5.09. The lowest BCUT2D eigenvalue weighted by molar-refractivity contribution is -0.125. The minimum absolute atomic E-state index is 0.0360. The van der Waals surface area contributed by atoms with Crippen molar-refractivity contribution < 1.29 is 13.9 Å². The summed E-state index contributed by atoms with van der Waals surface area (Å²) in [6, 6.07) is 7.68. The van der Waals surface area contributed by atoms with E-state index in [2.05, 4.69) is 14.9 Å². The van der Waals surface area contributed by atoms with E-state index in [0.717, 1.165) is 28.6 Å². The van der Waals surface area contributed by atoms with Crippen LogP contribution in [0.2, 0.25) is 0 Å². The zero-order valence-electron chi connectivity index (χ0n) is 14.2. The number of rotatable bonds is 6. The van der Waals surface area contributed by atoms with Crippen LogP contribution in [0.4, 0.5) is 4.39 Å². The molecule has 0 radical (unpaired) electrons. The SMILES string of the molecule is CCn1cc(C(NC(=O)COC)c2ccc(F)cc2)c2ccncc21. The summed E-state index contributed by atoms with van der Waals surface area (Å²) in [5, 5.41) is 3.98. The number of carbonyl (C=O) groups is 1. The number of pyridine rings is 1. The number of hydrogen-bond acceptors (Lipinski definition) is 3. The molecule has 0 aliphatic carbocycles. The maximum Gasteiger partial charge on any atom is 0.246 e. The number of methoxy groups -OCH3 is 1. The minimum atomic E-state index is -0.402. The molecule has 1 unspecified atom stereocenters. The number of nitrogens with zero attached hydrogens (tertiary/aromatic N) is 2. The van der Waals surface area contributed by atoms with Crippen molar-refractivity contribution in [3.63, 3.8) is 0 Å². The van der Waals surface area contributed by atoms with Crippen molar-refractivity contribution in [1.29, 1.82) is 0 Å². The van der Waals surface area contributed by atoms with Gasteiger partial charge in [0.15, 0.2) is 0 Å². The molecule has 130 valence electrons. The second-order valence-corrected chi connectivity index (χ2v) is 5.75. The van der Waals surface area contributed by atoms with Crippen molar-refractivity contribution in [2.75, 3.05) is 13.7 Å². The number of aromatic nitrogens is 2. The summed E-state index contributed by atoms with van der Waals surface area (Å²) in [5.74, 6) is -0.547. The molecule has 1 atom stereocenters. The van der Waals surface area contributed by atoms with Crippen LogP contribution in [0.5, 0.6) is 0 Å². The molecule has 0 spiro atoms. The molecule has 0 fully saturated rings. The largest absolute Gasteiger partial charge is 0.375 e. The number of fused-ring (bicyclic) bond motifs is 1. The normalized spacial score (nSPS) is 12.3. The summed E-state index contributed by atoms with van der Waals surface area (Å²) in [6.45, 7) is 2.79. The fraction of sp³-hybridized carbons (Fsp3) is 0.263. The lowest BCUT2D eigenvalue weighted by atomic mass is 9.98. The molecule has 0 aliphatic rings. The highest BCUT2D eigenvalue weighted by Gasteiger charge is 2.21. The van der Waals surface area contributed by atoms with E-state index in [-0.39, 0.29) is 18.3 Å². The van der Waals surface area contributed by atoms with Crippen LogP contribution >= 0.6 is 0 Å². The maximum absolute atomic E-state index is 13.3. The van der Waals surface area contributed by atoms with Gasteiger partial charge in [-0.2, -0.15) is 0 Å².